The van der Waals surface area contributed by atoms with Gasteiger partial charge >= 0.3 is 0 Å². The molecular weight excluding hydrogens is 224 g/mol. The average Bonchev–Trinajstić information content (AvgIpc) is 2.27. The van der Waals surface area contributed by atoms with Crippen molar-refractivity contribution in [3.63, 3.8) is 0 Å². The molecule has 0 bridgehead atoms. The lowest BCUT2D eigenvalue weighted by Crippen LogP contribution is -2.71. The molecule has 1 heterocycles. The molecule has 0 aromatic rings. The van der Waals surface area contributed by atoms with E-state index in [2.05, 4.69) is 13.8 Å². The first kappa shape index (κ1) is 12.6. The minimum absolute atomic E-state index is 0.00429. The molecule has 1 aliphatic rings. The molecule has 0 aromatic heterocycles. The second-order valence-corrected chi connectivity index (χ2v) is 21.3. The van der Waals surface area contributed by atoms with Crippen molar-refractivity contribution in [1.82, 2.24) is 0 Å². The first-order chi connectivity index (χ1) is 6.67. The first-order valence-electron chi connectivity index (χ1n) is 5.76. The van der Waals surface area contributed by atoms with Crippen molar-refractivity contribution < 1.29 is 4.43 Å². The van der Waals surface area contributed by atoms with Crippen molar-refractivity contribution in [2.24, 2.45) is 11.5 Å². The molecule has 1 aliphatic heterocycles. The van der Waals surface area contributed by atoms with Crippen molar-refractivity contribution in [3.8, 4) is 0 Å². The van der Waals surface area contributed by atoms with Crippen molar-refractivity contribution in [2.75, 3.05) is 6.61 Å². The van der Waals surface area contributed by atoms with Crippen LogP contribution in [0, 0.1) is 0 Å². The third kappa shape index (κ3) is 2.37. The standard InChI is InChI=1S/C8H24N2OSi3/c1-3-7(9)14(8(10)4-2)6-5-11-12-13-14/h7-8H,3-6,9-10,12-13H2,1-2H3. The Hall–Kier alpha value is 0.531. The summed E-state index contributed by atoms with van der Waals surface area (Å²) in [6, 6.07) is 1.26. The van der Waals surface area contributed by atoms with Gasteiger partial charge in [-0.25, -0.2) is 0 Å². The Bertz CT molecular complexity index is 164. The van der Waals surface area contributed by atoms with Crippen LogP contribution >= 0.6 is 0 Å². The lowest BCUT2D eigenvalue weighted by atomic mass is 10.5. The second kappa shape index (κ2) is 5.57. The van der Waals surface area contributed by atoms with E-state index in [0.717, 1.165) is 19.4 Å². The molecule has 6 heteroatoms. The van der Waals surface area contributed by atoms with Crippen LogP contribution in [0.4, 0.5) is 0 Å². The van der Waals surface area contributed by atoms with Crippen molar-refractivity contribution in [2.45, 2.75) is 44.1 Å². The van der Waals surface area contributed by atoms with E-state index in [-0.39, 0.29) is 17.8 Å². The molecule has 0 amide bonds. The van der Waals surface area contributed by atoms with Crippen LogP contribution < -0.4 is 11.5 Å². The van der Waals surface area contributed by atoms with Crippen LogP contribution in [-0.4, -0.2) is 43.4 Å². The molecule has 14 heavy (non-hydrogen) atoms. The fraction of sp³-hybridized carbons (Fsp3) is 1.00. The SMILES string of the molecule is CCC(N)[Si]1(C(N)CC)CCO[SiH2][SiH2]1. The highest BCUT2D eigenvalue weighted by Crippen LogP contribution is 2.22. The normalized spacial score (nSPS) is 36.0. The maximum absolute atomic E-state index is 6.34. The molecule has 1 fully saturated rings. The minimum Gasteiger partial charge on any atom is -0.428 e. The highest BCUT2D eigenvalue weighted by atomic mass is 29.6. The van der Waals surface area contributed by atoms with Gasteiger partial charge in [0.1, 0.15) is 9.28 Å². The van der Waals surface area contributed by atoms with Crippen LogP contribution in [0.25, 0.3) is 0 Å². The minimum atomic E-state index is -1.26. The molecule has 0 aliphatic carbocycles. The summed E-state index contributed by atoms with van der Waals surface area (Å²) in [5.41, 5.74) is 13.6. The van der Waals surface area contributed by atoms with E-state index >= 15 is 0 Å². The summed E-state index contributed by atoms with van der Waals surface area (Å²) in [6.45, 7) is 5.41. The largest absolute Gasteiger partial charge is 0.428 e. The lowest BCUT2D eigenvalue weighted by Gasteiger charge is -2.43. The smallest absolute Gasteiger partial charge is 0.141 e. The van der Waals surface area contributed by atoms with Crippen molar-refractivity contribution >= 4 is 25.4 Å². The summed E-state index contributed by atoms with van der Waals surface area (Å²) in [5.74, 6) is 0. The molecule has 0 spiro atoms. The van der Waals surface area contributed by atoms with Gasteiger partial charge in [0.05, 0.1) is 7.59 Å². The van der Waals surface area contributed by atoms with Gasteiger partial charge in [0.2, 0.25) is 0 Å². The third-order valence-electron chi connectivity index (χ3n) is 3.78. The van der Waals surface area contributed by atoms with Crippen LogP contribution in [0.3, 0.4) is 0 Å². The van der Waals surface area contributed by atoms with E-state index in [9.17, 15) is 0 Å². The van der Waals surface area contributed by atoms with Gasteiger partial charge in [-0.2, -0.15) is 0 Å². The van der Waals surface area contributed by atoms with Gasteiger partial charge in [-0.05, 0) is 30.2 Å². The van der Waals surface area contributed by atoms with E-state index in [1.54, 1.807) is 0 Å². The van der Waals surface area contributed by atoms with E-state index in [4.69, 9.17) is 15.9 Å². The number of hydrogen-bond acceptors (Lipinski definition) is 3. The quantitative estimate of drug-likeness (QED) is 0.607. The molecule has 0 saturated carbocycles. The Morgan fingerprint density at radius 2 is 1.86 bits per heavy atom. The van der Waals surface area contributed by atoms with Crippen molar-refractivity contribution in [3.05, 3.63) is 0 Å². The van der Waals surface area contributed by atoms with Gasteiger partial charge in [0.25, 0.3) is 0 Å². The Morgan fingerprint density at radius 3 is 2.21 bits per heavy atom. The fourth-order valence-corrected chi connectivity index (χ4v) is 29.1. The van der Waals surface area contributed by atoms with Crippen LogP contribution in [-0.2, 0) is 4.43 Å². The van der Waals surface area contributed by atoms with Gasteiger partial charge in [0.15, 0.2) is 0 Å². The zero-order valence-corrected chi connectivity index (χ0v) is 13.3. The molecular formula is C8H24N2OSi3. The van der Waals surface area contributed by atoms with Crippen LogP contribution in [0.2, 0.25) is 6.04 Å². The Labute approximate surface area is 92.3 Å². The number of nitrogens with two attached hydrogens (primary N) is 2. The summed E-state index contributed by atoms with van der Waals surface area (Å²) >= 11 is 0. The average molecular weight is 249 g/mol. The fourth-order valence-electron chi connectivity index (χ4n) is 2.58. The molecule has 2 unspecified atom stereocenters. The van der Waals surface area contributed by atoms with Crippen LogP contribution in [0.15, 0.2) is 0 Å². The molecule has 0 radical (unpaired) electrons. The predicted octanol–water partition coefficient (Wildman–Crippen LogP) is -1.32. The Kier molecular flexibility index (Phi) is 5.01. The molecule has 4 N–H and O–H groups in total. The van der Waals surface area contributed by atoms with E-state index in [1.807, 2.05) is 0 Å². The molecule has 1 saturated heterocycles. The van der Waals surface area contributed by atoms with Crippen molar-refractivity contribution in [1.29, 1.82) is 0 Å². The second-order valence-electron chi connectivity index (χ2n) is 4.38. The number of hydrogen-bond donors (Lipinski definition) is 2. The summed E-state index contributed by atoms with van der Waals surface area (Å²) < 4.78 is 5.64. The zero-order valence-electron chi connectivity index (χ0n) is 9.46. The summed E-state index contributed by atoms with van der Waals surface area (Å²) in [5, 5.41) is 0. The van der Waals surface area contributed by atoms with Gasteiger partial charge in [0, 0.05) is 15.2 Å². The third-order valence-corrected chi connectivity index (χ3v) is 29.1. The number of rotatable bonds is 4. The molecule has 3 nitrogen and oxygen atoms in total. The molecule has 0 aromatic carbocycles. The summed E-state index contributed by atoms with van der Waals surface area (Å²) in [6.07, 6.45) is 2.25. The van der Waals surface area contributed by atoms with Crippen LogP contribution in [0.1, 0.15) is 26.7 Å². The Morgan fingerprint density at radius 1 is 1.29 bits per heavy atom. The van der Waals surface area contributed by atoms with Gasteiger partial charge in [-0.3, -0.25) is 0 Å². The topological polar surface area (TPSA) is 61.3 Å². The van der Waals surface area contributed by atoms with Gasteiger partial charge in [-0.15, -0.1) is 0 Å². The Balaban J connectivity index is 2.76. The maximum atomic E-state index is 6.34. The van der Waals surface area contributed by atoms with E-state index in [0.29, 0.717) is 11.3 Å². The molecule has 2 atom stereocenters. The van der Waals surface area contributed by atoms with E-state index < -0.39 is 7.59 Å². The van der Waals surface area contributed by atoms with Gasteiger partial charge < -0.3 is 15.9 Å². The summed E-state index contributed by atoms with van der Waals surface area (Å²) in [4.78, 5) is 0. The molecule has 1 rings (SSSR count). The first-order valence-corrected chi connectivity index (χ1v) is 15.0. The maximum Gasteiger partial charge on any atom is 0.141 e. The molecule has 84 valence electrons. The highest BCUT2D eigenvalue weighted by molar-refractivity contribution is 7.44. The van der Waals surface area contributed by atoms with E-state index in [1.165, 1.54) is 6.04 Å². The zero-order chi connectivity index (χ0) is 10.6. The lowest BCUT2D eigenvalue weighted by molar-refractivity contribution is 0.363. The van der Waals surface area contributed by atoms with Gasteiger partial charge in [-0.1, -0.05) is 13.8 Å². The summed E-state index contributed by atoms with van der Waals surface area (Å²) in [7, 11) is -1.41. The van der Waals surface area contributed by atoms with Crippen LogP contribution in [0.5, 0.6) is 0 Å². The highest BCUT2D eigenvalue weighted by Gasteiger charge is 2.44. The monoisotopic (exact) mass is 248 g/mol. The predicted molar refractivity (Wildman–Crippen MR) is 70.1 cm³/mol.